The summed E-state index contributed by atoms with van der Waals surface area (Å²) in [4.78, 5) is 69.0. The molecule has 1 aromatic carbocycles. The van der Waals surface area contributed by atoms with E-state index in [9.17, 15) is 32.3 Å². The molecule has 2 aromatic rings. The fraction of sp³-hybridized carbons (Fsp3) is 0.622. The van der Waals surface area contributed by atoms with Crippen LogP contribution in [0.2, 0.25) is 5.54 Å². The van der Waals surface area contributed by atoms with Crippen LogP contribution in [0.1, 0.15) is 72.6 Å². The molecule has 1 saturated heterocycles. The van der Waals surface area contributed by atoms with Gasteiger partial charge in [0, 0.05) is 18.4 Å². The third-order valence-corrected chi connectivity index (χ3v) is 12.1. The Morgan fingerprint density at radius 1 is 1.07 bits per heavy atom. The zero-order valence-corrected chi connectivity index (χ0v) is 32.0. The van der Waals surface area contributed by atoms with Crippen LogP contribution in [0.4, 0.5) is 18.0 Å². The second kappa shape index (κ2) is 15.4. The molecular formula is C37H47F3N6O7Si. The summed E-state index contributed by atoms with van der Waals surface area (Å²) in [5.74, 6) is -1.55. The Labute approximate surface area is 314 Å². The van der Waals surface area contributed by atoms with Crippen molar-refractivity contribution in [2.75, 3.05) is 13.7 Å². The summed E-state index contributed by atoms with van der Waals surface area (Å²) in [5.41, 5.74) is -2.51. The van der Waals surface area contributed by atoms with Gasteiger partial charge in [-0.15, -0.1) is 0 Å². The van der Waals surface area contributed by atoms with Gasteiger partial charge in [0.15, 0.2) is 9.68 Å². The van der Waals surface area contributed by atoms with Crippen molar-refractivity contribution in [2.45, 2.75) is 114 Å². The lowest BCUT2D eigenvalue weighted by atomic mass is 9.92. The largest absolute Gasteiger partial charge is 0.497 e. The number of benzene rings is 1. The predicted octanol–water partition coefficient (Wildman–Crippen LogP) is 4.63. The van der Waals surface area contributed by atoms with Crippen LogP contribution in [0, 0.1) is 17.8 Å². The van der Waals surface area contributed by atoms with Gasteiger partial charge in [0.05, 0.1) is 30.9 Å². The summed E-state index contributed by atoms with van der Waals surface area (Å²) in [6, 6.07) is 2.69. The summed E-state index contributed by atoms with van der Waals surface area (Å²) in [5, 5.41) is 5.41. The van der Waals surface area contributed by atoms with Crippen LogP contribution >= 0.6 is 0 Å². The Bertz CT molecular complexity index is 1790. The van der Waals surface area contributed by atoms with Crippen LogP contribution in [0.3, 0.4) is 0 Å². The standard InChI is InChI=1S/C37H47F3N6O7Si/c1-20-7-6-8-21(2)30(43-34(50)53-35(3,4)37(38,39)40)32(48)46-19-24(52-29-18-41-26-14-11-23(51-5)15-27(26)42-29)16-28(46)31(47)44-36(17-22(36)10-9-20)33(49)45-54-25-12-13-25/h9-11,14-15,18,20-22,24-25,28,30H,6-8,12-13,16-17,19H2,1-5H3,(H,43,50)(H,44,47)(H,45,49)/b10-9-/t20-,21-,22-,24-,28+,30+,36-/m1/s1. The number of allylic oxidation sites excluding steroid dienone is 1. The minimum atomic E-state index is -4.87. The minimum absolute atomic E-state index is 0.00111. The number of rotatable bonds is 8. The van der Waals surface area contributed by atoms with Crippen LogP contribution in [-0.2, 0) is 19.1 Å². The molecule has 3 heterocycles. The van der Waals surface area contributed by atoms with Gasteiger partial charge in [-0.2, -0.15) is 13.2 Å². The maximum atomic E-state index is 14.6. The number of aromatic nitrogens is 2. The molecule has 2 radical (unpaired) electrons. The van der Waals surface area contributed by atoms with Gasteiger partial charge in [-0.25, -0.2) is 14.8 Å². The van der Waals surface area contributed by atoms with Gasteiger partial charge in [0.1, 0.15) is 29.5 Å². The number of halogens is 3. The van der Waals surface area contributed by atoms with Crippen molar-refractivity contribution < 1.29 is 46.6 Å². The molecule has 0 spiro atoms. The lowest BCUT2D eigenvalue weighted by Gasteiger charge is -2.33. The van der Waals surface area contributed by atoms with E-state index >= 15 is 0 Å². The number of hydrogen-bond donors (Lipinski definition) is 3. The molecule has 292 valence electrons. The molecule has 1 aromatic heterocycles. The monoisotopic (exact) mass is 772 g/mol. The summed E-state index contributed by atoms with van der Waals surface area (Å²) in [6.45, 7) is 5.08. The Morgan fingerprint density at radius 3 is 2.54 bits per heavy atom. The van der Waals surface area contributed by atoms with Crippen LogP contribution in [0.15, 0.2) is 36.5 Å². The first-order chi connectivity index (χ1) is 25.5. The molecule has 54 heavy (non-hydrogen) atoms. The highest BCUT2D eigenvalue weighted by atomic mass is 28.2. The molecule has 7 atom stereocenters. The lowest BCUT2D eigenvalue weighted by Crippen LogP contribution is -2.59. The van der Waals surface area contributed by atoms with Gasteiger partial charge in [0.2, 0.25) is 29.2 Å². The van der Waals surface area contributed by atoms with E-state index < -0.39 is 59.3 Å². The first-order valence-electron chi connectivity index (χ1n) is 18.4. The molecular weight excluding hydrogens is 726 g/mol. The SMILES string of the molecule is COc1ccc2ncc(O[C@@H]3C[C@H]4C(=O)N[C@]5(C(=O)N[Si]C6CC6)C[C@H]5/C=C\[C@H](C)CCC[C@@H](C)[C@H](NC(=O)OC(C)(C)C(F)(F)F)C(=O)N4C3)nc2c1. The highest BCUT2D eigenvalue weighted by Gasteiger charge is 2.61. The maximum Gasteiger partial charge on any atom is 0.427 e. The van der Waals surface area contributed by atoms with Gasteiger partial charge < -0.3 is 34.7 Å². The number of amides is 4. The summed E-state index contributed by atoms with van der Waals surface area (Å²) < 4.78 is 57.3. The van der Waals surface area contributed by atoms with Crippen molar-refractivity contribution in [3.05, 3.63) is 36.5 Å². The second-order valence-electron chi connectivity index (χ2n) is 15.5. The quantitative estimate of drug-likeness (QED) is 0.257. The molecule has 4 aliphatic rings. The minimum Gasteiger partial charge on any atom is -0.497 e. The van der Waals surface area contributed by atoms with E-state index in [1.54, 1.807) is 25.1 Å². The van der Waals surface area contributed by atoms with Crippen LogP contribution in [-0.4, -0.2) is 97.5 Å². The fourth-order valence-electron chi connectivity index (χ4n) is 6.92. The van der Waals surface area contributed by atoms with Crippen LogP contribution in [0.25, 0.3) is 11.0 Å². The van der Waals surface area contributed by atoms with E-state index in [0.717, 1.165) is 33.1 Å². The molecule has 0 unspecified atom stereocenters. The maximum absolute atomic E-state index is 14.6. The van der Waals surface area contributed by atoms with Gasteiger partial charge in [-0.1, -0.05) is 45.3 Å². The summed E-state index contributed by atoms with van der Waals surface area (Å²) in [6.07, 6.45) is 2.66. The average Bonchev–Trinajstić information content (AvgIpc) is 4.03. The summed E-state index contributed by atoms with van der Waals surface area (Å²) >= 11 is 0. The Hall–Kier alpha value is -4.41. The number of carbonyl (C=O) groups is 4. The number of ether oxygens (including phenoxy) is 3. The topological polar surface area (TPSA) is 161 Å². The van der Waals surface area contributed by atoms with Crippen LogP contribution in [0.5, 0.6) is 11.6 Å². The van der Waals surface area contributed by atoms with Gasteiger partial charge in [0.25, 0.3) is 0 Å². The average molecular weight is 773 g/mol. The van der Waals surface area contributed by atoms with Gasteiger partial charge in [-0.05, 0) is 62.6 Å². The molecule has 0 bridgehead atoms. The Morgan fingerprint density at radius 2 is 1.83 bits per heavy atom. The zero-order valence-electron chi connectivity index (χ0n) is 31.0. The van der Waals surface area contributed by atoms with Crippen molar-refractivity contribution >= 4 is 44.5 Å². The molecule has 3 N–H and O–H groups in total. The number of alkyl carbamates (subject to hydrolysis) is 1. The highest BCUT2D eigenvalue weighted by Crippen LogP contribution is 2.46. The third kappa shape index (κ3) is 8.76. The highest BCUT2D eigenvalue weighted by molar-refractivity contribution is 6.40. The van der Waals surface area contributed by atoms with E-state index in [1.807, 2.05) is 19.1 Å². The van der Waals surface area contributed by atoms with Crippen molar-refractivity contribution in [1.29, 1.82) is 0 Å². The first kappa shape index (κ1) is 39.3. The molecule has 2 aliphatic heterocycles. The number of carbonyl (C=O) groups excluding carboxylic acids is 4. The molecule has 2 saturated carbocycles. The Balaban J connectivity index is 1.31. The molecule has 4 amide bonds. The van der Waals surface area contributed by atoms with Crippen molar-refractivity contribution in [3.8, 4) is 11.6 Å². The number of fused-ring (bicyclic) bond motifs is 3. The van der Waals surface area contributed by atoms with E-state index in [1.165, 1.54) is 18.2 Å². The van der Waals surface area contributed by atoms with E-state index in [4.69, 9.17) is 14.2 Å². The number of alkyl halides is 3. The van der Waals surface area contributed by atoms with Crippen molar-refractivity contribution in [3.63, 3.8) is 0 Å². The molecule has 6 rings (SSSR count). The molecule has 13 nitrogen and oxygen atoms in total. The molecule has 17 heteroatoms. The number of nitrogens with one attached hydrogen (secondary N) is 3. The Kier molecular flexibility index (Phi) is 11.2. The number of hydrogen-bond acceptors (Lipinski definition) is 9. The first-order valence-corrected chi connectivity index (χ1v) is 19.5. The predicted molar refractivity (Wildman–Crippen MR) is 191 cm³/mol. The number of nitrogens with zero attached hydrogens (tertiary/aromatic N) is 3. The fourth-order valence-corrected chi connectivity index (χ4v) is 7.93. The third-order valence-electron chi connectivity index (χ3n) is 10.7. The second-order valence-corrected chi connectivity index (χ2v) is 16.8. The summed E-state index contributed by atoms with van der Waals surface area (Å²) in [7, 11) is 1.76. The van der Waals surface area contributed by atoms with Crippen molar-refractivity contribution in [1.82, 2.24) is 30.5 Å². The van der Waals surface area contributed by atoms with E-state index in [0.29, 0.717) is 41.6 Å². The van der Waals surface area contributed by atoms with Gasteiger partial charge in [-0.3, -0.25) is 14.4 Å². The van der Waals surface area contributed by atoms with Crippen LogP contribution < -0.4 is 25.1 Å². The smallest absolute Gasteiger partial charge is 0.427 e. The normalized spacial score (nSPS) is 29.8. The van der Waals surface area contributed by atoms with E-state index in [-0.39, 0.29) is 46.3 Å². The number of methoxy groups -OCH3 is 1. The van der Waals surface area contributed by atoms with Crippen molar-refractivity contribution in [2.24, 2.45) is 17.8 Å². The lowest BCUT2D eigenvalue weighted by molar-refractivity contribution is -0.244. The van der Waals surface area contributed by atoms with E-state index in [2.05, 4.69) is 25.6 Å². The molecule has 3 fully saturated rings. The molecule has 2 aliphatic carbocycles. The van der Waals surface area contributed by atoms with Gasteiger partial charge >= 0.3 is 12.3 Å². The zero-order chi connectivity index (χ0) is 39.0.